The van der Waals surface area contributed by atoms with Crippen molar-refractivity contribution in [3.05, 3.63) is 0 Å². The molecular formula is C8H3F13KO3. The predicted octanol–water partition coefficient (Wildman–Crippen LogP) is 2.99. The van der Waals surface area contributed by atoms with Gasteiger partial charge in [0.2, 0.25) is 0 Å². The second-order valence-corrected chi connectivity index (χ2v) is 4.32. The van der Waals surface area contributed by atoms with Crippen molar-refractivity contribution in [2.45, 2.75) is 48.6 Å². The first-order chi connectivity index (χ1) is 10.3. The second kappa shape index (κ2) is 6.89. The summed E-state index contributed by atoms with van der Waals surface area (Å²) in [5.74, 6) is -26.7. The van der Waals surface area contributed by atoms with Crippen molar-refractivity contribution in [1.82, 2.24) is 0 Å². The summed E-state index contributed by atoms with van der Waals surface area (Å²) in [4.78, 5) is 0. The van der Waals surface area contributed by atoms with Gasteiger partial charge in [-0.25, -0.2) is 17.6 Å². The Hall–Kier alpha value is 0.606. The summed E-state index contributed by atoms with van der Waals surface area (Å²) >= 11 is 0. The Bertz CT molecular complexity index is 494. The van der Waals surface area contributed by atoms with Gasteiger partial charge in [-0.05, 0) is 0 Å². The Labute approximate surface area is 170 Å². The largest absolute Gasteiger partial charge is 0.424 e. The number of aliphatic hydroxyl groups is 1. The van der Waals surface area contributed by atoms with Gasteiger partial charge in [0.15, 0.2) is 0 Å². The average Bonchev–Trinajstić information content (AvgIpc) is 2.58. The maximum absolute atomic E-state index is 13.6. The molecule has 17 heteroatoms. The molecule has 2 atom stereocenters. The van der Waals surface area contributed by atoms with E-state index >= 15 is 0 Å². The van der Waals surface area contributed by atoms with Crippen LogP contribution in [0.25, 0.3) is 0 Å². The van der Waals surface area contributed by atoms with Crippen molar-refractivity contribution in [3.8, 4) is 0 Å². The molecule has 1 rings (SSSR count). The van der Waals surface area contributed by atoms with E-state index in [1.165, 1.54) is 0 Å². The fourth-order valence-corrected chi connectivity index (χ4v) is 1.53. The standard InChI is InChI=1S/C8H3F13O3.K/c9-1(10)3(13,14)5(17)8(20,21)24-6(23-5,7(18,19)22)4(15,16)2(11)12;/h1-2,22H;. The van der Waals surface area contributed by atoms with Gasteiger partial charge in [0.05, 0.1) is 0 Å². The topological polar surface area (TPSA) is 38.7 Å². The summed E-state index contributed by atoms with van der Waals surface area (Å²) in [5.41, 5.74) is 0. The molecule has 0 aliphatic carbocycles. The van der Waals surface area contributed by atoms with E-state index in [0.717, 1.165) is 0 Å². The van der Waals surface area contributed by atoms with Crippen LogP contribution in [0.1, 0.15) is 0 Å². The van der Waals surface area contributed by atoms with Crippen molar-refractivity contribution in [2.75, 3.05) is 0 Å². The van der Waals surface area contributed by atoms with E-state index in [4.69, 9.17) is 5.11 Å². The molecule has 25 heavy (non-hydrogen) atoms. The third kappa shape index (κ3) is 3.42. The molecule has 0 aromatic heterocycles. The molecule has 0 spiro atoms. The van der Waals surface area contributed by atoms with E-state index in [1.807, 2.05) is 0 Å². The van der Waals surface area contributed by atoms with Gasteiger partial charge < -0.3 is 5.11 Å². The zero-order valence-corrected chi connectivity index (χ0v) is 14.5. The van der Waals surface area contributed by atoms with Gasteiger partial charge in [0.25, 0.3) is 0 Å². The summed E-state index contributed by atoms with van der Waals surface area (Å²) in [6.07, 6.45) is -24.3. The van der Waals surface area contributed by atoms with Gasteiger partial charge in [-0.2, -0.15) is 39.5 Å². The van der Waals surface area contributed by atoms with Crippen molar-refractivity contribution in [3.63, 3.8) is 0 Å². The van der Waals surface area contributed by atoms with Gasteiger partial charge in [0, 0.05) is 51.4 Å². The fourth-order valence-electron chi connectivity index (χ4n) is 1.53. The molecule has 1 fully saturated rings. The van der Waals surface area contributed by atoms with Crippen molar-refractivity contribution < 1.29 is 71.7 Å². The molecule has 1 aliphatic rings. The molecule has 1 heterocycles. The molecule has 0 saturated carbocycles. The van der Waals surface area contributed by atoms with Crippen LogP contribution in [-0.2, 0) is 9.47 Å². The van der Waals surface area contributed by atoms with Crippen LogP contribution in [0.15, 0.2) is 0 Å². The Morgan fingerprint density at radius 3 is 1.36 bits per heavy atom. The van der Waals surface area contributed by atoms with Crippen LogP contribution in [0, 0.1) is 0 Å². The molecule has 0 bridgehead atoms. The second-order valence-electron chi connectivity index (χ2n) is 4.32. The van der Waals surface area contributed by atoms with Crippen molar-refractivity contribution in [2.24, 2.45) is 0 Å². The maximum atomic E-state index is 13.6. The molecule has 1 radical (unpaired) electrons. The molecule has 0 amide bonds. The number of rotatable bonds is 5. The fraction of sp³-hybridized carbons (Fsp3) is 1.00. The van der Waals surface area contributed by atoms with Crippen molar-refractivity contribution >= 4 is 51.4 Å². The number of alkyl halides is 13. The minimum absolute atomic E-state index is 0. The molecule has 145 valence electrons. The molecule has 2 unspecified atom stereocenters. The molecule has 0 aromatic rings. The summed E-state index contributed by atoms with van der Waals surface area (Å²) in [6.45, 7) is 0. The SMILES string of the molecule is OC(F)(F)C1(C(F)(F)C(F)F)OC(F)(F)C(F)(C(F)(F)C(F)F)O1.[K]. The monoisotopic (exact) mass is 433 g/mol. The zero-order valence-electron chi connectivity index (χ0n) is 11.3. The smallest absolute Gasteiger partial charge is 0.332 e. The van der Waals surface area contributed by atoms with E-state index < -0.39 is 48.6 Å². The number of ether oxygens (including phenoxy) is 2. The Morgan fingerprint density at radius 1 is 0.720 bits per heavy atom. The normalized spacial score (nSPS) is 30.7. The van der Waals surface area contributed by atoms with Gasteiger partial charge in [-0.1, -0.05) is 0 Å². The Balaban J connectivity index is 0.00000576. The minimum Gasteiger partial charge on any atom is -0.332 e. The van der Waals surface area contributed by atoms with Gasteiger partial charge in [0.1, 0.15) is 0 Å². The summed E-state index contributed by atoms with van der Waals surface area (Å²) < 4.78 is 170. The first-order valence-corrected chi connectivity index (χ1v) is 5.19. The maximum Gasteiger partial charge on any atom is 0.424 e. The van der Waals surface area contributed by atoms with E-state index in [0.29, 0.717) is 0 Å². The van der Waals surface area contributed by atoms with Crippen LogP contribution in [-0.4, -0.2) is 105 Å². The van der Waals surface area contributed by atoms with Gasteiger partial charge >= 0.3 is 48.6 Å². The van der Waals surface area contributed by atoms with Crippen LogP contribution in [0.2, 0.25) is 0 Å². The molecular weight excluding hydrogens is 430 g/mol. The Morgan fingerprint density at radius 2 is 1.08 bits per heavy atom. The molecule has 1 saturated heterocycles. The van der Waals surface area contributed by atoms with Gasteiger partial charge in [-0.15, -0.1) is 0 Å². The first-order valence-electron chi connectivity index (χ1n) is 5.19. The van der Waals surface area contributed by atoms with Crippen LogP contribution in [0.5, 0.6) is 0 Å². The average molecular weight is 433 g/mol. The van der Waals surface area contributed by atoms with Crippen LogP contribution >= 0.6 is 0 Å². The quantitative estimate of drug-likeness (QED) is 0.536. The summed E-state index contributed by atoms with van der Waals surface area (Å²) in [7, 11) is 0. The van der Waals surface area contributed by atoms with E-state index in [9.17, 15) is 57.1 Å². The van der Waals surface area contributed by atoms with Crippen molar-refractivity contribution in [1.29, 1.82) is 0 Å². The van der Waals surface area contributed by atoms with Crippen LogP contribution in [0.3, 0.4) is 0 Å². The Kier molecular flexibility index (Phi) is 7.06. The summed E-state index contributed by atoms with van der Waals surface area (Å²) in [6, 6.07) is 0. The van der Waals surface area contributed by atoms with E-state index in [-0.39, 0.29) is 51.4 Å². The third-order valence-electron chi connectivity index (χ3n) is 2.74. The third-order valence-corrected chi connectivity index (χ3v) is 2.74. The minimum atomic E-state index is -6.79. The molecule has 1 N–H and O–H groups in total. The molecule has 3 nitrogen and oxygen atoms in total. The zero-order chi connectivity index (χ0) is 19.6. The van der Waals surface area contributed by atoms with Crippen LogP contribution < -0.4 is 0 Å². The molecule has 1 aliphatic heterocycles. The van der Waals surface area contributed by atoms with Gasteiger partial charge in [-0.3, -0.25) is 9.47 Å². The predicted molar refractivity (Wildman–Crippen MR) is 48.5 cm³/mol. The summed E-state index contributed by atoms with van der Waals surface area (Å²) in [5, 5.41) is 8.09. The van der Waals surface area contributed by atoms with Crippen LogP contribution in [0.4, 0.5) is 57.1 Å². The number of hydrogen-bond donors (Lipinski definition) is 1. The van der Waals surface area contributed by atoms with E-state index in [1.54, 1.807) is 0 Å². The number of halogens is 13. The van der Waals surface area contributed by atoms with E-state index in [2.05, 4.69) is 9.47 Å². The number of hydrogen-bond acceptors (Lipinski definition) is 3. The molecule has 0 aromatic carbocycles. The first kappa shape index (κ1) is 25.6.